The maximum absolute atomic E-state index is 13.2. The highest BCUT2D eigenvalue weighted by atomic mass is 16.5. The number of ether oxygens (including phenoxy) is 3. The van der Waals surface area contributed by atoms with Crippen molar-refractivity contribution < 1.29 is 33.4 Å². The number of fused-ring (bicyclic) bond motifs is 1. The van der Waals surface area contributed by atoms with Gasteiger partial charge in [0, 0.05) is 49.3 Å². The number of hydrogen-bond acceptors (Lipinski definition) is 9. The van der Waals surface area contributed by atoms with Crippen molar-refractivity contribution in [2.45, 2.75) is 50.6 Å². The van der Waals surface area contributed by atoms with E-state index in [0.717, 1.165) is 0 Å². The Morgan fingerprint density at radius 2 is 1.74 bits per heavy atom. The number of nitrogens with one attached hydrogen (secondary N) is 2. The third-order valence-electron chi connectivity index (χ3n) is 6.78. The number of imide groups is 1. The van der Waals surface area contributed by atoms with Gasteiger partial charge in [-0.05, 0) is 37.8 Å². The van der Waals surface area contributed by atoms with Gasteiger partial charge in [-0.3, -0.25) is 24.5 Å². The molecule has 0 radical (unpaired) electrons. The Kier molecular flexibility index (Phi) is 11.5. The first-order valence-corrected chi connectivity index (χ1v) is 13.1. The maximum atomic E-state index is 13.2. The first-order chi connectivity index (χ1) is 18.4. The summed E-state index contributed by atoms with van der Waals surface area (Å²) in [7, 11) is 0. The smallest absolute Gasteiger partial charge is 0.255 e. The number of hydrogen-bond donors (Lipinski definition) is 4. The molecule has 2 aliphatic rings. The Balaban J connectivity index is 1.38. The van der Waals surface area contributed by atoms with Gasteiger partial charge in [-0.1, -0.05) is 6.07 Å². The highest BCUT2D eigenvalue weighted by Gasteiger charge is 2.51. The lowest BCUT2D eigenvalue weighted by Gasteiger charge is -2.42. The number of benzene rings is 1. The van der Waals surface area contributed by atoms with E-state index in [1.807, 2.05) is 0 Å². The third kappa shape index (κ3) is 7.73. The predicted octanol–water partition coefficient (Wildman–Crippen LogP) is 0.0851. The number of nitrogens with zero attached hydrogens (tertiary/aromatic N) is 1. The summed E-state index contributed by atoms with van der Waals surface area (Å²) >= 11 is 0. The van der Waals surface area contributed by atoms with E-state index < -0.39 is 11.4 Å². The molecule has 1 atom stereocenters. The second kappa shape index (κ2) is 14.8. The molecule has 0 bridgehead atoms. The van der Waals surface area contributed by atoms with Gasteiger partial charge in [0.2, 0.25) is 11.8 Å². The number of nitrogen functional groups attached to an aromatic ring is 1. The summed E-state index contributed by atoms with van der Waals surface area (Å²) in [4.78, 5) is 51.8. The topological polar surface area (TPSA) is 175 Å². The number of anilines is 1. The minimum atomic E-state index is -1.13. The van der Waals surface area contributed by atoms with E-state index in [9.17, 15) is 19.2 Å². The first-order valence-electron chi connectivity index (χ1n) is 13.1. The SMILES string of the molecule is NCCOCCOCCOCCC(=O)NCCCCC1(N2Cc3c(N)cccc3C2=O)CCC(=O)NC1=O. The molecule has 12 nitrogen and oxygen atoms in total. The first kappa shape index (κ1) is 29.5. The van der Waals surface area contributed by atoms with Gasteiger partial charge in [0.1, 0.15) is 5.54 Å². The molecule has 0 spiro atoms. The van der Waals surface area contributed by atoms with E-state index in [1.54, 1.807) is 23.1 Å². The molecule has 1 unspecified atom stereocenters. The van der Waals surface area contributed by atoms with Crippen LogP contribution in [0.1, 0.15) is 54.4 Å². The van der Waals surface area contributed by atoms with Crippen LogP contribution in [0, 0.1) is 0 Å². The Hall–Kier alpha value is -3.06. The average molecular weight is 534 g/mol. The van der Waals surface area contributed by atoms with Crippen molar-refractivity contribution in [3.05, 3.63) is 29.3 Å². The molecule has 38 heavy (non-hydrogen) atoms. The molecule has 6 N–H and O–H groups in total. The zero-order chi connectivity index (χ0) is 27.4. The summed E-state index contributed by atoms with van der Waals surface area (Å²) in [5.74, 6) is -1.18. The normalized spacial score (nSPS) is 19.0. The van der Waals surface area contributed by atoms with Crippen LogP contribution in [0.4, 0.5) is 5.69 Å². The standard InChI is InChI=1S/C26H39N5O7/c27-10-13-37-15-17-38-16-14-36-12-7-22(32)29-11-2-1-8-26(9-6-23(33)30-25(26)35)31-18-20-19(24(31)34)4-3-5-21(20)28/h3-5H,1-2,6-18,27-28H2,(H,29,32)(H,30,33,35). The van der Waals surface area contributed by atoms with Gasteiger partial charge in [-0.2, -0.15) is 0 Å². The van der Waals surface area contributed by atoms with Crippen LogP contribution in [0.2, 0.25) is 0 Å². The molecule has 0 saturated carbocycles. The number of carbonyl (C=O) groups excluding carboxylic acids is 4. The lowest BCUT2D eigenvalue weighted by Crippen LogP contribution is -2.63. The Labute approximate surface area is 222 Å². The molecule has 0 aliphatic carbocycles. The monoisotopic (exact) mass is 533 g/mol. The quantitative estimate of drug-likeness (QED) is 0.123. The summed E-state index contributed by atoms with van der Waals surface area (Å²) in [6.07, 6.45) is 2.22. The highest BCUT2D eigenvalue weighted by Crippen LogP contribution is 2.39. The molecule has 1 fully saturated rings. The van der Waals surface area contributed by atoms with Crippen molar-refractivity contribution in [3.8, 4) is 0 Å². The Morgan fingerprint density at radius 3 is 2.42 bits per heavy atom. The van der Waals surface area contributed by atoms with Crippen LogP contribution in [-0.4, -0.2) is 86.8 Å². The van der Waals surface area contributed by atoms with E-state index >= 15 is 0 Å². The lowest BCUT2D eigenvalue weighted by molar-refractivity contribution is -0.143. The lowest BCUT2D eigenvalue weighted by atomic mass is 9.82. The van der Waals surface area contributed by atoms with Gasteiger partial charge in [-0.25, -0.2) is 0 Å². The number of nitrogens with two attached hydrogens (primary N) is 2. The average Bonchev–Trinajstić information content (AvgIpc) is 3.24. The molecule has 210 valence electrons. The van der Waals surface area contributed by atoms with Gasteiger partial charge in [0.15, 0.2) is 0 Å². The van der Waals surface area contributed by atoms with Gasteiger partial charge in [0.05, 0.1) is 39.6 Å². The fraction of sp³-hybridized carbons (Fsp3) is 0.615. The largest absolute Gasteiger partial charge is 0.398 e. The number of unbranched alkanes of at least 4 members (excludes halogenated alkanes) is 1. The highest BCUT2D eigenvalue weighted by molar-refractivity contribution is 6.08. The second-order valence-electron chi connectivity index (χ2n) is 9.36. The van der Waals surface area contributed by atoms with Crippen molar-refractivity contribution in [2.75, 3.05) is 58.5 Å². The molecule has 2 heterocycles. The summed E-state index contributed by atoms with van der Waals surface area (Å²) in [5, 5.41) is 5.27. The molecule has 1 saturated heterocycles. The minimum Gasteiger partial charge on any atom is -0.398 e. The van der Waals surface area contributed by atoms with Crippen LogP contribution < -0.4 is 22.1 Å². The molecular weight excluding hydrogens is 494 g/mol. The number of rotatable bonds is 17. The van der Waals surface area contributed by atoms with Crippen LogP contribution in [-0.2, 0) is 35.1 Å². The summed E-state index contributed by atoms with van der Waals surface area (Å²) < 4.78 is 16.0. The molecule has 1 aromatic rings. The molecule has 0 aromatic heterocycles. The van der Waals surface area contributed by atoms with Crippen LogP contribution in [0.25, 0.3) is 0 Å². The summed E-state index contributed by atoms with van der Waals surface area (Å²) in [6, 6.07) is 5.16. The minimum absolute atomic E-state index is 0.127. The number of amides is 4. The fourth-order valence-corrected chi connectivity index (χ4v) is 4.72. The van der Waals surface area contributed by atoms with Gasteiger partial charge < -0.3 is 35.9 Å². The van der Waals surface area contributed by atoms with Crippen LogP contribution in [0.15, 0.2) is 18.2 Å². The Bertz CT molecular complexity index is 989. The van der Waals surface area contributed by atoms with Crippen molar-refractivity contribution in [3.63, 3.8) is 0 Å². The summed E-state index contributed by atoms with van der Waals surface area (Å²) in [5.41, 5.74) is 12.0. The van der Waals surface area contributed by atoms with Gasteiger partial charge in [-0.15, -0.1) is 0 Å². The Morgan fingerprint density at radius 1 is 1.03 bits per heavy atom. The fourth-order valence-electron chi connectivity index (χ4n) is 4.72. The number of piperidine rings is 1. The van der Waals surface area contributed by atoms with E-state index in [4.69, 9.17) is 25.7 Å². The molecule has 3 rings (SSSR count). The predicted molar refractivity (Wildman–Crippen MR) is 139 cm³/mol. The van der Waals surface area contributed by atoms with E-state index in [0.29, 0.717) is 82.2 Å². The molecule has 2 aliphatic heterocycles. The second-order valence-corrected chi connectivity index (χ2v) is 9.36. The van der Waals surface area contributed by atoms with Crippen LogP contribution >= 0.6 is 0 Å². The van der Waals surface area contributed by atoms with E-state index in [1.165, 1.54) is 0 Å². The van der Waals surface area contributed by atoms with Crippen molar-refractivity contribution in [1.82, 2.24) is 15.5 Å². The molecule has 4 amide bonds. The molecular formula is C26H39N5O7. The van der Waals surface area contributed by atoms with Crippen molar-refractivity contribution >= 4 is 29.3 Å². The van der Waals surface area contributed by atoms with Crippen LogP contribution in [0.5, 0.6) is 0 Å². The van der Waals surface area contributed by atoms with Crippen LogP contribution in [0.3, 0.4) is 0 Å². The zero-order valence-electron chi connectivity index (χ0n) is 21.8. The van der Waals surface area contributed by atoms with Gasteiger partial charge >= 0.3 is 0 Å². The molecule has 12 heteroatoms. The molecule has 1 aromatic carbocycles. The third-order valence-corrected chi connectivity index (χ3v) is 6.78. The van der Waals surface area contributed by atoms with Gasteiger partial charge in [0.25, 0.3) is 11.8 Å². The van der Waals surface area contributed by atoms with E-state index in [-0.39, 0.29) is 50.1 Å². The number of carbonyl (C=O) groups is 4. The van der Waals surface area contributed by atoms with Crippen molar-refractivity contribution in [2.24, 2.45) is 5.73 Å². The van der Waals surface area contributed by atoms with E-state index in [2.05, 4.69) is 10.6 Å². The zero-order valence-corrected chi connectivity index (χ0v) is 21.8. The summed E-state index contributed by atoms with van der Waals surface area (Å²) in [6.45, 7) is 3.71. The maximum Gasteiger partial charge on any atom is 0.255 e. The van der Waals surface area contributed by atoms with Crippen molar-refractivity contribution in [1.29, 1.82) is 0 Å².